The van der Waals surface area contributed by atoms with Crippen LogP contribution in [-0.4, -0.2) is 33.6 Å². The van der Waals surface area contributed by atoms with Gasteiger partial charge in [0, 0.05) is 5.56 Å². The molecule has 1 amide bonds. The van der Waals surface area contributed by atoms with Gasteiger partial charge in [0.05, 0.1) is 11.6 Å². The van der Waals surface area contributed by atoms with E-state index in [4.69, 9.17) is 26.2 Å². The minimum absolute atomic E-state index is 0.0420. The van der Waals surface area contributed by atoms with Crippen molar-refractivity contribution in [3.63, 3.8) is 0 Å². The van der Waals surface area contributed by atoms with E-state index in [1.165, 1.54) is 12.1 Å². The zero-order valence-electron chi connectivity index (χ0n) is 12.9. The molecule has 3 rings (SSSR count). The Kier molecular flexibility index (Phi) is 4.85. The van der Waals surface area contributed by atoms with Crippen LogP contribution in [0.25, 0.3) is 0 Å². The van der Waals surface area contributed by atoms with Crippen molar-refractivity contribution in [3.8, 4) is 11.5 Å². The maximum absolute atomic E-state index is 12.2. The van der Waals surface area contributed by atoms with Gasteiger partial charge in [0.1, 0.15) is 17.6 Å². The van der Waals surface area contributed by atoms with Crippen LogP contribution in [0.5, 0.6) is 11.5 Å². The van der Waals surface area contributed by atoms with E-state index in [0.717, 1.165) is 6.07 Å². The molecule has 0 bridgehead atoms. The quantitative estimate of drug-likeness (QED) is 0.834. The highest BCUT2D eigenvalue weighted by molar-refractivity contribution is 7.89. The van der Waals surface area contributed by atoms with E-state index in [0.29, 0.717) is 18.1 Å². The number of nitrogens with one attached hydrogen (secondary N) is 1. The summed E-state index contributed by atoms with van der Waals surface area (Å²) < 4.78 is 34.3. The van der Waals surface area contributed by atoms with Gasteiger partial charge in [-0.05, 0) is 30.3 Å². The number of rotatable bonds is 4. The molecular formula is C16H15ClN2O5S. The van der Waals surface area contributed by atoms with Crippen molar-refractivity contribution < 1.29 is 22.7 Å². The van der Waals surface area contributed by atoms with Crippen LogP contribution in [0, 0.1) is 0 Å². The molecule has 0 unspecified atom stereocenters. The number of sulfonamides is 1. The highest BCUT2D eigenvalue weighted by Crippen LogP contribution is 2.30. The lowest BCUT2D eigenvalue weighted by Gasteiger charge is -2.26. The third kappa shape index (κ3) is 4.04. The number of hydrogen-bond acceptors (Lipinski definition) is 5. The summed E-state index contributed by atoms with van der Waals surface area (Å²) in [7, 11) is -4.02. The SMILES string of the molecule is NS(=O)(=O)c1cc(C(=O)NC[C@H]2COc3ccccc3O2)ccc1Cl. The number of carbonyl (C=O) groups excluding carboxylic acids is 1. The minimum Gasteiger partial charge on any atom is -0.486 e. The Bertz CT molecular complexity index is 916. The van der Waals surface area contributed by atoms with Crippen molar-refractivity contribution in [2.75, 3.05) is 13.2 Å². The molecule has 0 radical (unpaired) electrons. The maximum Gasteiger partial charge on any atom is 0.251 e. The molecular weight excluding hydrogens is 368 g/mol. The normalized spacial score (nSPS) is 16.3. The molecule has 0 spiro atoms. The second kappa shape index (κ2) is 6.91. The van der Waals surface area contributed by atoms with Gasteiger partial charge in [0.2, 0.25) is 10.0 Å². The summed E-state index contributed by atoms with van der Waals surface area (Å²) in [4.78, 5) is 11.9. The van der Waals surface area contributed by atoms with Gasteiger partial charge in [0.25, 0.3) is 5.91 Å². The number of benzene rings is 2. The lowest BCUT2D eigenvalue weighted by molar-refractivity contribution is 0.0789. The van der Waals surface area contributed by atoms with Gasteiger partial charge in [-0.15, -0.1) is 0 Å². The van der Waals surface area contributed by atoms with Crippen LogP contribution in [0.4, 0.5) is 0 Å². The molecule has 1 atom stereocenters. The number of ether oxygens (including phenoxy) is 2. The highest BCUT2D eigenvalue weighted by Gasteiger charge is 2.22. The van der Waals surface area contributed by atoms with Crippen molar-refractivity contribution in [3.05, 3.63) is 53.1 Å². The molecule has 1 aliphatic rings. The largest absolute Gasteiger partial charge is 0.486 e. The summed E-state index contributed by atoms with van der Waals surface area (Å²) in [5, 5.41) is 7.72. The molecule has 0 saturated carbocycles. The average molecular weight is 383 g/mol. The molecule has 132 valence electrons. The summed E-state index contributed by atoms with van der Waals surface area (Å²) in [5.41, 5.74) is 0.130. The number of halogens is 1. The zero-order chi connectivity index (χ0) is 18.0. The third-order valence-corrected chi connectivity index (χ3v) is 4.95. The number of para-hydroxylation sites is 2. The van der Waals surface area contributed by atoms with E-state index in [9.17, 15) is 13.2 Å². The van der Waals surface area contributed by atoms with Crippen molar-refractivity contribution in [1.82, 2.24) is 5.32 Å². The predicted molar refractivity (Wildman–Crippen MR) is 91.5 cm³/mol. The molecule has 25 heavy (non-hydrogen) atoms. The summed E-state index contributed by atoms with van der Waals surface area (Å²) in [6.45, 7) is 0.487. The van der Waals surface area contributed by atoms with Gasteiger partial charge in [-0.1, -0.05) is 23.7 Å². The molecule has 0 aliphatic carbocycles. The summed E-state index contributed by atoms with van der Waals surface area (Å²) >= 11 is 5.80. The predicted octanol–water partition coefficient (Wildman–Crippen LogP) is 1.56. The Morgan fingerprint density at radius 2 is 1.96 bits per heavy atom. The van der Waals surface area contributed by atoms with E-state index in [1.807, 2.05) is 12.1 Å². The van der Waals surface area contributed by atoms with Crippen LogP contribution in [0.15, 0.2) is 47.4 Å². The summed E-state index contributed by atoms with van der Waals surface area (Å²) in [6, 6.07) is 11.1. The fourth-order valence-corrected chi connectivity index (χ4v) is 3.41. The zero-order valence-corrected chi connectivity index (χ0v) is 14.5. The lowest BCUT2D eigenvalue weighted by atomic mass is 10.2. The first kappa shape index (κ1) is 17.5. The Labute approximate surface area is 149 Å². The Hall–Kier alpha value is -2.29. The van der Waals surface area contributed by atoms with Crippen molar-refractivity contribution in [1.29, 1.82) is 0 Å². The van der Waals surface area contributed by atoms with Crippen molar-refractivity contribution >= 4 is 27.5 Å². The molecule has 0 saturated heterocycles. The second-order valence-corrected chi connectivity index (χ2v) is 7.33. The van der Waals surface area contributed by atoms with Gasteiger partial charge >= 0.3 is 0 Å². The van der Waals surface area contributed by atoms with Crippen LogP contribution < -0.4 is 19.9 Å². The fraction of sp³-hybridized carbons (Fsp3) is 0.188. The first-order valence-corrected chi connectivity index (χ1v) is 9.26. The number of hydrogen-bond donors (Lipinski definition) is 2. The standard InChI is InChI=1S/C16H15ClN2O5S/c17-12-6-5-10(7-15(12)25(18,21)22)16(20)19-8-11-9-23-13-3-1-2-4-14(13)24-11/h1-7,11H,8-9H2,(H,19,20)(H2,18,21,22)/t11-/m0/s1. The van der Waals surface area contributed by atoms with Gasteiger partial charge in [0.15, 0.2) is 11.5 Å². The average Bonchev–Trinajstić information content (AvgIpc) is 2.59. The van der Waals surface area contributed by atoms with Crippen LogP contribution in [0.3, 0.4) is 0 Å². The van der Waals surface area contributed by atoms with Crippen molar-refractivity contribution in [2.24, 2.45) is 5.14 Å². The maximum atomic E-state index is 12.2. The second-order valence-electron chi connectivity index (χ2n) is 5.40. The van der Waals surface area contributed by atoms with Crippen LogP contribution in [-0.2, 0) is 10.0 Å². The first-order chi connectivity index (χ1) is 11.8. The van der Waals surface area contributed by atoms with Crippen LogP contribution >= 0.6 is 11.6 Å². The molecule has 1 heterocycles. The number of carbonyl (C=O) groups is 1. The van der Waals surface area contributed by atoms with E-state index in [-0.39, 0.29) is 28.1 Å². The Balaban J connectivity index is 1.66. The van der Waals surface area contributed by atoms with Crippen LogP contribution in [0.1, 0.15) is 10.4 Å². The molecule has 9 heteroatoms. The molecule has 0 fully saturated rings. The van der Waals surface area contributed by atoms with E-state index >= 15 is 0 Å². The lowest BCUT2D eigenvalue weighted by Crippen LogP contribution is -2.40. The van der Waals surface area contributed by atoms with Gasteiger partial charge in [-0.2, -0.15) is 0 Å². The first-order valence-electron chi connectivity index (χ1n) is 7.33. The van der Waals surface area contributed by atoms with E-state index in [1.54, 1.807) is 12.1 Å². The molecule has 7 nitrogen and oxygen atoms in total. The van der Waals surface area contributed by atoms with Gasteiger partial charge < -0.3 is 14.8 Å². The van der Waals surface area contributed by atoms with Crippen LogP contribution in [0.2, 0.25) is 5.02 Å². The Morgan fingerprint density at radius 3 is 2.68 bits per heavy atom. The number of nitrogens with two attached hydrogens (primary N) is 1. The number of amides is 1. The molecule has 0 aromatic heterocycles. The fourth-order valence-electron chi connectivity index (χ4n) is 2.33. The number of fused-ring (bicyclic) bond motifs is 1. The summed E-state index contributed by atoms with van der Waals surface area (Å²) in [5.74, 6) is 0.792. The molecule has 3 N–H and O–H groups in total. The molecule has 2 aromatic rings. The molecule has 1 aliphatic heterocycles. The smallest absolute Gasteiger partial charge is 0.251 e. The van der Waals surface area contributed by atoms with Gasteiger partial charge in [-0.3, -0.25) is 4.79 Å². The monoisotopic (exact) mass is 382 g/mol. The Morgan fingerprint density at radius 1 is 1.24 bits per heavy atom. The van der Waals surface area contributed by atoms with Gasteiger partial charge in [-0.25, -0.2) is 13.6 Å². The number of primary sulfonamides is 1. The third-order valence-electron chi connectivity index (χ3n) is 3.56. The topological polar surface area (TPSA) is 108 Å². The molecule has 2 aromatic carbocycles. The summed E-state index contributed by atoms with van der Waals surface area (Å²) in [6.07, 6.45) is -0.358. The highest BCUT2D eigenvalue weighted by atomic mass is 35.5. The van der Waals surface area contributed by atoms with E-state index in [2.05, 4.69) is 5.32 Å². The van der Waals surface area contributed by atoms with Crippen molar-refractivity contribution in [2.45, 2.75) is 11.0 Å². The minimum atomic E-state index is -4.02. The van der Waals surface area contributed by atoms with E-state index < -0.39 is 15.9 Å².